The lowest BCUT2D eigenvalue weighted by molar-refractivity contribution is 0.657. The molecular formula is C7H5BrF+. The van der Waals surface area contributed by atoms with Crippen molar-refractivity contribution in [1.29, 1.82) is 0 Å². The van der Waals surface area contributed by atoms with Gasteiger partial charge in [-0.25, -0.2) is 0 Å². The summed E-state index contributed by atoms with van der Waals surface area (Å²) in [6, 6.07) is 0. The molecule has 46 valence electrons. The summed E-state index contributed by atoms with van der Waals surface area (Å²) in [6.45, 7) is 0. The molecule has 0 aromatic heterocycles. The van der Waals surface area contributed by atoms with Crippen LogP contribution in [0.25, 0.3) is 0 Å². The van der Waals surface area contributed by atoms with E-state index in [1.165, 1.54) is 6.08 Å². The van der Waals surface area contributed by atoms with E-state index in [1.807, 2.05) is 0 Å². The van der Waals surface area contributed by atoms with Crippen molar-refractivity contribution < 1.29 is 4.39 Å². The Bertz CT molecular complexity index is 189. The molecule has 1 rings (SSSR count). The zero-order valence-electron chi connectivity index (χ0n) is 4.70. The fourth-order valence-electron chi connectivity index (χ4n) is 0.551. The quantitative estimate of drug-likeness (QED) is 0.438. The van der Waals surface area contributed by atoms with E-state index < -0.39 is 0 Å². The van der Waals surface area contributed by atoms with Gasteiger partial charge >= 0.3 is 0 Å². The van der Waals surface area contributed by atoms with Crippen molar-refractivity contribution in [3.8, 4) is 0 Å². The maximum atomic E-state index is 12.5. The van der Waals surface area contributed by atoms with Crippen LogP contribution in [0.2, 0.25) is 0 Å². The van der Waals surface area contributed by atoms with E-state index in [2.05, 4.69) is 22.0 Å². The van der Waals surface area contributed by atoms with Gasteiger partial charge in [0.25, 0.3) is 0 Å². The second-order valence-corrected chi connectivity index (χ2v) is 2.21. The van der Waals surface area contributed by atoms with Gasteiger partial charge in [0.15, 0.2) is 0 Å². The van der Waals surface area contributed by atoms with Crippen LogP contribution < -0.4 is 0 Å². The van der Waals surface area contributed by atoms with E-state index in [1.54, 1.807) is 12.2 Å². The van der Waals surface area contributed by atoms with Crippen LogP contribution in [0.1, 0.15) is 0 Å². The standard InChI is InChI=1S/C7H5BrF/c8-5-6-3-1-2-4-7(6)9/h1,3-4H,5H2/q+1. The van der Waals surface area contributed by atoms with Crippen LogP contribution in [0.4, 0.5) is 4.39 Å². The summed E-state index contributed by atoms with van der Waals surface area (Å²) in [6.07, 6.45) is 7.36. The van der Waals surface area contributed by atoms with E-state index in [-0.39, 0.29) is 5.83 Å². The minimum atomic E-state index is -0.200. The molecule has 0 bridgehead atoms. The lowest BCUT2D eigenvalue weighted by atomic mass is 10.2. The second-order valence-electron chi connectivity index (χ2n) is 1.65. The van der Waals surface area contributed by atoms with Gasteiger partial charge in [0, 0.05) is 6.08 Å². The highest BCUT2D eigenvalue weighted by Gasteiger charge is 2.10. The van der Waals surface area contributed by atoms with Gasteiger partial charge in [0.1, 0.15) is 17.7 Å². The molecule has 0 amide bonds. The van der Waals surface area contributed by atoms with Gasteiger partial charge in [-0.05, 0) is 0 Å². The van der Waals surface area contributed by atoms with Gasteiger partial charge in [-0.3, -0.25) is 0 Å². The van der Waals surface area contributed by atoms with Crippen molar-refractivity contribution in [3.63, 3.8) is 0 Å². The smallest absolute Gasteiger partial charge is 0.126 e. The topological polar surface area (TPSA) is 0 Å². The molecule has 1 aliphatic rings. The molecule has 0 saturated carbocycles. The number of hydrogen-bond acceptors (Lipinski definition) is 0. The monoisotopic (exact) mass is 187 g/mol. The van der Waals surface area contributed by atoms with Gasteiger partial charge in [-0.1, -0.05) is 15.9 Å². The molecular weight excluding hydrogens is 183 g/mol. The van der Waals surface area contributed by atoms with E-state index in [0.29, 0.717) is 10.9 Å². The highest BCUT2D eigenvalue weighted by Crippen LogP contribution is 2.15. The van der Waals surface area contributed by atoms with E-state index in [9.17, 15) is 4.39 Å². The molecule has 1 aliphatic carbocycles. The third-order valence-electron chi connectivity index (χ3n) is 1.04. The molecule has 0 heterocycles. The Kier molecular flexibility index (Phi) is 2.15. The predicted octanol–water partition coefficient (Wildman–Crippen LogP) is 2.53. The number of allylic oxidation sites excluding steroid dienone is 6. The first kappa shape index (κ1) is 6.66. The molecule has 0 saturated heterocycles. The van der Waals surface area contributed by atoms with Crippen molar-refractivity contribution in [2.24, 2.45) is 0 Å². The highest BCUT2D eigenvalue weighted by atomic mass is 79.9. The summed E-state index contributed by atoms with van der Waals surface area (Å²) < 4.78 is 12.5. The fourth-order valence-corrected chi connectivity index (χ4v) is 1.01. The molecule has 9 heavy (non-hydrogen) atoms. The maximum absolute atomic E-state index is 12.5. The van der Waals surface area contributed by atoms with Gasteiger partial charge in [0.2, 0.25) is 5.83 Å². The third kappa shape index (κ3) is 1.47. The van der Waals surface area contributed by atoms with E-state index in [0.717, 1.165) is 0 Å². The van der Waals surface area contributed by atoms with Crippen molar-refractivity contribution in [1.82, 2.24) is 0 Å². The number of alkyl halides is 1. The Balaban J connectivity index is 2.88. The Labute approximate surface area is 61.9 Å². The normalized spacial score (nSPS) is 16.2. The summed E-state index contributed by atoms with van der Waals surface area (Å²) >= 11 is 3.15. The maximum Gasteiger partial charge on any atom is 0.244 e. The molecule has 0 nitrogen and oxygen atoms in total. The first-order valence-electron chi connectivity index (χ1n) is 2.55. The molecule has 0 atom stereocenters. The van der Waals surface area contributed by atoms with Crippen molar-refractivity contribution in [2.75, 3.05) is 5.33 Å². The van der Waals surface area contributed by atoms with E-state index in [4.69, 9.17) is 0 Å². The number of halogens is 2. The second kappa shape index (κ2) is 2.90. The minimum absolute atomic E-state index is 0.200. The van der Waals surface area contributed by atoms with Crippen molar-refractivity contribution in [2.45, 2.75) is 0 Å². The lowest BCUT2D eigenvalue weighted by Gasteiger charge is -1.88. The van der Waals surface area contributed by atoms with Crippen molar-refractivity contribution in [3.05, 3.63) is 35.7 Å². The van der Waals surface area contributed by atoms with Gasteiger partial charge in [-0.15, -0.1) is 4.39 Å². The highest BCUT2D eigenvalue weighted by molar-refractivity contribution is 9.09. The average molecular weight is 188 g/mol. The summed E-state index contributed by atoms with van der Waals surface area (Å²) in [4.78, 5) is 0. The zero-order valence-corrected chi connectivity index (χ0v) is 6.28. The van der Waals surface area contributed by atoms with E-state index >= 15 is 0 Å². The average Bonchev–Trinajstić information content (AvgIpc) is 1.89. The van der Waals surface area contributed by atoms with Crippen LogP contribution in [-0.4, -0.2) is 5.33 Å². The summed E-state index contributed by atoms with van der Waals surface area (Å²) in [5.41, 5.74) is 0.675. The molecule has 2 heteroatoms. The van der Waals surface area contributed by atoms with Gasteiger partial charge in [0.05, 0.1) is 11.4 Å². The van der Waals surface area contributed by atoms with Crippen LogP contribution in [-0.2, 0) is 0 Å². The van der Waals surface area contributed by atoms with Crippen LogP contribution >= 0.6 is 15.9 Å². The first-order valence-corrected chi connectivity index (χ1v) is 3.67. The Morgan fingerprint density at radius 2 is 2.44 bits per heavy atom. The molecule has 0 aliphatic heterocycles. The fraction of sp³-hybridized carbons (Fsp3) is 0.143. The SMILES string of the molecule is FC1=C(CBr)C=C[C+]=C1. The largest absolute Gasteiger partial charge is 0.244 e. The zero-order chi connectivity index (χ0) is 6.69. The van der Waals surface area contributed by atoms with Crippen LogP contribution in [0, 0.1) is 6.08 Å². The summed E-state index contributed by atoms with van der Waals surface area (Å²) in [5, 5.41) is 0.563. The number of hydrogen-bond donors (Lipinski definition) is 0. The van der Waals surface area contributed by atoms with Crippen LogP contribution in [0.5, 0.6) is 0 Å². The molecule has 0 N–H and O–H groups in total. The Morgan fingerprint density at radius 1 is 1.67 bits per heavy atom. The third-order valence-corrected chi connectivity index (χ3v) is 1.65. The Morgan fingerprint density at radius 3 is 2.89 bits per heavy atom. The lowest BCUT2D eigenvalue weighted by Crippen LogP contribution is -1.85. The predicted molar refractivity (Wildman–Crippen MR) is 38.9 cm³/mol. The van der Waals surface area contributed by atoms with Gasteiger partial charge < -0.3 is 0 Å². The molecule has 0 radical (unpaired) electrons. The minimum Gasteiger partial charge on any atom is -0.126 e. The first-order chi connectivity index (χ1) is 4.34. The molecule has 0 fully saturated rings. The molecule has 0 unspecified atom stereocenters. The van der Waals surface area contributed by atoms with Crippen LogP contribution in [0.3, 0.4) is 0 Å². The molecule has 0 aromatic carbocycles. The van der Waals surface area contributed by atoms with Gasteiger partial charge in [-0.2, -0.15) is 0 Å². The molecule has 0 spiro atoms. The van der Waals surface area contributed by atoms with Crippen molar-refractivity contribution >= 4 is 15.9 Å². The number of rotatable bonds is 1. The van der Waals surface area contributed by atoms with Crippen LogP contribution in [0.15, 0.2) is 29.6 Å². The Hall–Kier alpha value is -0.460. The summed E-state index contributed by atoms with van der Waals surface area (Å²) in [5.74, 6) is -0.200. The molecule has 0 aromatic rings. The summed E-state index contributed by atoms with van der Waals surface area (Å²) in [7, 11) is 0.